The lowest BCUT2D eigenvalue weighted by Crippen LogP contribution is -2.31. The minimum absolute atomic E-state index is 0.0374. The molecule has 0 spiro atoms. The van der Waals surface area contributed by atoms with Crippen molar-refractivity contribution in [3.8, 4) is 11.5 Å². The van der Waals surface area contributed by atoms with Crippen LogP contribution in [0, 0.1) is 0 Å². The molecule has 0 unspecified atom stereocenters. The normalized spacial score (nSPS) is 13.5. The van der Waals surface area contributed by atoms with Gasteiger partial charge in [-0.2, -0.15) is 0 Å². The molecule has 4 rings (SSSR count). The van der Waals surface area contributed by atoms with Crippen LogP contribution in [0.1, 0.15) is 15.9 Å². The summed E-state index contributed by atoms with van der Waals surface area (Å²) < 4.78 is 5.21. The zero-order chi connectivity index (χ0) is 23.5. The van der Waals surface area contributed by atoms with E-state index in [1.165, 1.54) is 30.3 Å². The van der Waals surface area contributed by atoms with E-state index < -0.39 is 17.8 Å². The van der Waals surface area contributed by atoms with E-state index >= 15 is 0 Å². The molecule has 9 heteroatoms. The predicted molar refractivity (Wildman–Crippen MR) is 123 cm³/mol. The first kappa shape index (κ1) is 22.4. The number of nitrogens with zero attached hydrogens (tertiary/aromatic N) is 1. The van der Waals surface area contributed by atoms with Crippen molar-refractivity contribution >= 4 is 46.7 Å². The van der Waals surface area contributed by atoms with Gasteiger partial charge in [0.15, 0.2) is 0 Å². The lowest BCUT2D eigenvalue weighted by molar-refractivity contribution is -0.138. The number of benzene rings is 3. The zero-order valence-corrected chi connectivity index (χ0v) is 18.4. The molecule has 0 aliphatic carbocycles. The molecule has 2 N–H and O–H groups in total. The van der Waals surface area contributed by atoms with Gasteiger partial charge in [0.2, 0.25) is 0 Å². The number of phenolic OH excluding ortho intramolecular Hbond substituents is 1. The minimum Gasteiger partial charge on any atom is -0.506 e. The number of aromatic hydroxyl groups is 1. The topological polar surface area (TPSA) is 95.9 Å². The number of amides is 2. The van der Waals surface area contributed by atoms with Gasteiger partial charge in [-0.25, -0.2) is 4.79 Å². The van der Waals surface area contributed by atoms with Crippen molar-refractivity contribution in [2.75, 3.05) is 5.32 Å². The molecular weight excluding hydrogens is 467 g/mol. The quantitative estimate of drug-likeness (QED) is 0.300. The van der Waals surface area contributed by atoms with Crippen molar-refractivity contribution in [3.63, 3.8) is 0 Å². The lowest BCUT2D eigenvalue weighted by atomic mass is 10.2. The van der Waals surface area contributed by atoms with Gasteiger partial charge in [-0.15, -0.1) is 0 Å². The van der Waals surface area contributed by atoms with Crippen molar-refractivity contribution in [3.05, 3.63) is 99.7 Å². The average molecular weight is 483 g/mol. The molecule has 2 amide bonds. The molecule has 1 aliphatic heterocycles. The Morgan fingerprint density at radius 1 is 0.939 bits per heavy atom. The van der Waals surface area contributed by atoms with Gasteiger partial charge in [0.1, 0.15) is 22.2 Å². The van der Waals surface area contributed by atoms with Crippen LogP contribution in [-0.2, 0) is 16.1 Å². The Kier molecular flexibility index (Phi) is 6.35. The van der Waals surface area contributed by atoms with Crippen LogP contribution in [0.2, 0.25) is 5.02 Å². The number of carbonyl (C=O) groups is 3. The van der Waals surface area contributed by atoms with Gasteiger partial charge in [0, 0.05) is 11.8 Å². The van der Waals surface area contributed by atoms with Gasteiger partial charge in [-0.3, -0.25) is 14.5 Å². The molecular formula is C24H16Cl2N2O5. The number of rotatable bonds is 6. The average Bonchev–Trinajstić information content (AvgIpc) is 3.01. The molecule has 0 bridgehead atoms. The van der Waals surface area contributed by atoms with Gasteiger partial charge in [-0.05, 0) is 42.0 Å². The fraction of sp³-hybridized carbons (Fsp3) is 0.0417. The van der Waals surface area contributed by atoms with E-state index in [1.807, 2.05) is 30.3 Å². The van der Waals surface area contributed by atoms with Gasteiger partial charge < -0.3 is 15.2 Å². The van der Waals surface area contributed by atoms with E-state index in [0.717, 1.165) is 10.5 Å². The molecule has 0 fully saturated rings. The van der Waals surface area contributed by atoms with E-state index in [0.29, 0.717) is 5.69 Å². The van der Waals surface area contributed by atoms with Crippen LogP contribution >= 0.6 is 23.2 Å². The Balaban J connectivity index is 1.43. The molecule has 166 valence electrons. The van der Waals surface area contributed by atoms with Gasteiger partial charge in [0.05, 0.1) is 17.1 Å². The summed E-state index contributed by atoms with van der Waals surface area (Å²) >= 11 is 11.9. The van der Waals surface area contributed by atoms with Gasteiger partial charge in [0.25, 0.3) is 11.8 Å². The predicted octanol–water partition coefficient (Wildman–Crippen LogP) is 4.70. The molecule has 0 radical (unpaired) electrons. The molecule has 1 aliphatic rings. The summed E-state index contributed by atoms with van der Waals surface area (Å²) in [6.45, 7) is 0.102. The van der Waals surface area contributed by atoms with E-state index in [2.05, 4.69) is 5.32 Å². The molecule has 3 aromatic rings. The Morgan fingerprint density at radius 2 is 1.64 bits per heavy atom. The third-order valence-electron chi connectivity index (χ3n) is 4.81. The highest BCUT2D eigenvalue weighted by atomic mass is 35.5. The maximum atomic E-state index is 12.8. The summed E-state index contributed by atoms with van der Waals surface area (Å²) in [5.41, 5.74) is 1.44. The largest absolute Gasteiger partial charge is 0.506 e. The number of hydrogen-bond acceptors (Lipinski definition) is 6. The van der Waals surface area contributed by atoms with Crippen LogP contribution in [0.3, 0.4) is 0 Å². The highest BCUT2D eigenvalue weighted by molar-refractivity contribution is 6.48. The summed E-state index contributed by atoms with van der Waals surface area (Å²) in [5.74, 6) is -1.85. The number of ether oxygens (including phenoxy) is 1. The van der Waals surface area contributed by atoms with Gasteiger partial charge >= 0.3 is 5.97 Å². The Hall–Kier alpha value is -3.81. The molecule has 0 aromatic heterocycles. The number of phenols is 1. The summed E-state index contributed by atoms with van der Waals surface area (Å²) in [5, 5.41) is 12.4. The first-order valence-electron chi connectivity index (χ1n) is 9.71. The zero-order valence-electron chi connectivity index (χ0n) is 16.9. The Bertz CT molecular complexity index is 1270. The molecule has 1 heterocycles. The maximum Gasteiger partial charge on any atom is 0.343 e. The van der Waals surface area contributed by atoms with E-state index in [-0.39, 0.29) is 39.4 Å². The first-order valence-corrected chi connectivity index (χ1v) is 10.5. The molecule has 0 saturated carbocycles. The molecule has 0 saturated heterocycles. The standard InChI is InChI=1S/C24H16Cl2N2O5/c25-18-11-10-17(12-19(18)29)33-24(32)15-6-8-16(9-7-15)27-21-20(26)22(30)28(23(21)31)13-14-4-2-1-3-5-14/h1-12,27,29H,13H2. The Morgan fingerprint density at radius 3 is 2.30 bits per heavy atom. The second-order valence-electron chi connectivity index (χ2n) is 7.08. The van der Waals surface area contributed by atoms with Crippen LogP contribution < -0.4 is 10.1 Å². The summed E-state index contributed by atoms with van der Waals surface area (Å²) in [4.78, 5) is 38.6. The summed E-state index contributed by atoms with van der Waals surface area (Å²) in [7, 11) is 0. The summed E-state index contributed by atoms with van der Waals surface area (Å²) in [6.07, 6.45) is 0. The second kappa shape index (κ2) is 9.36. The van der Waals surface area contributed by atoms with E-state index in [1.54, 1.807) is 12.1 Å². The fourth-order valence-corrected chi connectivity index (χ4v) is 3.47. The smallest absolute Gasteiger partial charge is 0.343 e. The van der Waals surface area contributed by atoms with Crippen LogP contribution in [0.4, 0.5) is 5.69 Å². The number of esters is 1. The maximum absolute atomic E-state index is 12.8. The Labute approximate surface area is 198 Å². The van der Waals surface area contributed by atoms with Crippen LogP contribution in [0.5, 0.6) is 11.5 Å². The molecule has 7 nitrogen and oxygen atoms in total. The first-order chi connectivity index (χ1) is 15.8. The third kappa shape index (κ3) is 4.84. The van der Waals surface area contributed by atoms with E-state index in [9.17, 15) is 19.5 Å². The minimum atomic E-state index is -0.651. The monoisotopic (exact) mass is 482 g/mol. The number of nitrogens with one attached hydrogen (secondary N) is 1. The fourth-order valence-electron chi connectivity index (χ4n) is 3.12. The van der Waals surface area contributed by atoms with E-state index in [4.69, 9.17) is 27.9 Å². The number of anilines is 1. The van der Waals surface area contributed by atoms with Crippen molar-refractivity contribution < 1.29 is 24.2 Å². The number of hydrogen-bond donors (Lipinski definition) is 2. The van der Waals surface area contributed by atoms with Crippen LogP contribution in [-0.4, -0.2) is 27.8 Å². The second-order valence-corrected chi connectivity index (χ2v) is 7.86. The third-order valence-corrected chi connectivity index (χ3v) is 5.48. The van der Waals surface area contributed by atoms with Crippen molar-refractivity contribution in [2.24, 2.45) is 0 Å². The lowest BCUT2D eigenvalue weighted by Gasteiger charge is -2.15. The summed E-state index contributed by atoms with van der Waals surface area (Å²) in [6, 6.07) is 19.2. The highest BCUT2D eigenvalue weighted by Gasteiger charge is 2.37. The van der Waals surface area contributed by atoms with Crippen molar-refractivity contribution in [2.45, 2.75) is 6.54 Å². The number of imide groups is 1. The number of halogens is 2. The van der Waals surface area contributed by atoms with Crippen LogP contribution in [0.15, 0.2) is 83.5 Å². The van der Waals surface area contributed by atoms with Crippen molar-refractivity contribution in [1.29, 1.82) is 0 Å². The molecule has 3 aromatic carbocycles. The van der Waals surface area contributed by atoms with Gasteiger partial charge in [-0.1, -0.05) is 53.5 Å². The highest BCUT2D eigenvalue weighted by Crippen LogP contribution is 2.29. The molecule has 0 atom stereocenters. The SMILES string of the molecule is O=C(Oc1ccc(Cl)c(O)c1)c1ccc(NC2=C(Cl)C(=O)N(Cc3ccccc3)C2=O)cc1. The molecule has 33 heavy (non-hydrogen) atoms. The number of carbonyl (C=O) groups excluding carboxylic acids is 3. The van der Waals surface area contributed by atoms with Crippen LogP contribution in [0.25, 0.3) is 0 Å². The van der Waals surface area contributed by atoms with Crippen molar-refractivity contribution in [1.82, 2.24) is 4.90 Å².